The van der Waals surface area contributed by atoms with Gasteiger partial charge in [-0.15, -0.1) is 0 Å². The standard InChI is InChI=1S/C12H25N/c1-4-5-8-13-12-7-6-10(2)11(3)9-12/h10-13H,4-9H2,1-3H3/t10-,11-,12+/m0/s1. The molecular formula is C12H25N. The van der Waals surface area contributed by atoms with Gasteiger partial charge in [0.05, 0.1) is 0 Å². The minimum absolute atomic E-state index is 0.817. The van der Waals surface area contributed by atoms with E-state index in [-0.39, 0.29) is 0 Å². The fraction of sp³-hybridized carbons (Fsp3) is 1.00. The summed E-state index contributed by atoms with van der Waals surface area (Å²) in [6, 6.07) is 0.817. The molecule has 13 heavy (non-hydrogen) atoms. The lowest BCUT2D eigenvalue weighted by Crippen LogP contribution is -2.36. The Bertz CT molecular complexity index is 133. The summed E-state index contributed by atoms with van der Waals surface area (Å²) in [4.78, 5) is 0. The van der Waals surface area contributed by atoms with E-state index in [0.29, 0.717) is 0 Å². The van der Waals surface area contributed by atoms with E-state index in [4.69, 9.17) is 0 Å². The first-order chi connectivity index (χ1) is 6.24. The highest BCUT2D eigenvalue weighted by atomic mass is 14.9. The molecule has 0 saturated heterocycles. The third-order valence-electron chi connectivity index (χ3n) is 3.56. The predicted octanol–water partition coefficient (Wildman–Crippen LogP) is 3.20. The van der Waals surface area contributed by atoms with Gasteiger partial charge < -0.3 is 5.32 Å². The summed E-state index contributed by atoms with van der Waals surface area (Å²) in [6.45, 7) is 8.28. The zero-order chi connectivity index (χ0) is 9.68. The minimum atomic E-state index is 0.817. The Morgan fingerprint density at radius 1 is 1.15 bits per heavy atom. The third-order valence-corrected chi connectivity index (χ3v) is 3.56. The smallest absolute Gasteiger partial charge is 0.00698 e. The Kier molecular flexibility index (Phi) is 4.79. The van der Waals surface area contributed by atoms with E-state index < -0.39 is 0 Å². The molecule has 1 aliphatic carbocycles. The van der Waals surface area contributed by atoms with Crippen molar-refractivity contribution in [1.82, 2.24) is 5.32 Å². The second-order valence-electron chi connectivity index (χ2n) is 4.77. The highest BCUT2D eigenvalue weighted by Crippen LogP contribution is 2.29. The Morgan fingerprint density at radius 3 is 2.54 bits per heavy atom. The quantitative estimate of drug-likeness (QED) is 0.660. The van der Waals surface area contributed by atoms with Crippen molar-refractivity contribution in [3.05, 3.63) is 0 Å². The molecule has 0 aromatic heterocycles. The number of nitrogens with one attached hydrogen (secondary N) is 1. The molecule has 0 spiro atoms. The van der Waals surface area contributed by atoms with Crippen LogP contribution in [0.1, 0.15) is 52.9 Å². The van der Waals surface area contributed by atoms with Gasteiger partial charge in [0, 0.05) is 6.04 Å². The number of unbranched alkanes of at least 4 members (excludes halogenated alkanes) is 1. The third kappa shape index (κ3) is 3.68. The van der Waals surface area contributed by atoms with E-state index in [2.05, 4.69) is 26.1 Å². The first-order valence-corrected chi connectivity index (χ1v) is 5.97. The molecule has 0 amide bonds. The lowest BCUT2D eigenvalue weighted by molar-refractivity contribution is 0.226. The zero-order valence-corrected chi connectivity index (χ0v) is 9.47. The molecule has 1 saturated carbocycles. The van der Waals surface area contributed by atoms with Gasteiger partial charge in [-0.05, 0) is 44.1 Å². The highest BCUT2D eigenvalue weighted by Gasteiger charge is 2.23. The molecule has 0 unspecified atom stereocenters. The van der Waals surface area contributed by atoms with E-state index in [9.17, 15) is 0 Å². The van der Waals surface area contributed by atoms with Gasteiger partial charge in [0.25, 0.3) is 0 Å². The molecule has 1 aliphatic rings. The van der Waals surface area contributed by atoms with Crippen LogP contribution in [0.5, 0.6) is 0 Å². The molecular weight excluding hydrogens is 158 g/mol. The first-order valence-electron chi connectivity index (χ1n) is 5.97. The van der Waals surface area contributed by atoms with E-state index in [1.54, 1.807) is 0 Å². The van der Waals surface area contributed by atoms with Crippen LogP contribution >= 0.6 is 0 Å². The summed E-state index contributed by atoms with van der Waals surface area (Å²) in [5.41, 5.74) is 0. The lowest BCUT2D eigenvalue weighted by Gasteiger charge is -2.32. The maximum absolute atomic E-state index is 3.67. The van der Waals surface area contributed by atoms with E-state index >= 15 is 0 Å². The van der Waals surface area contributed by atoms with Crippen molar-refractivity contribution < 1.29 is 0 Å². The predicted molar refractivity (Wildman–Crippen MR) is 58.9 cm³/mol. The fourth-order valence-electron chi connectivity index (χ4n) is 2.22. The first kappa shape index (κ1) is 11.0. The van der Waals surface area contributed by atoms with Crippen molar-refractivity contribution in [1.29, 1.82) is 0 Å². The van der Waals surface area contributed by atoms with Gasteiger partial charge in [-0.25, -0.2) is 0 Å². The van der Waals surface area contributed by atoms with Crippen LogP contribution in [0.4, 0.5) is 0 Å². The van der Waals surface area contributed by atoms with Crippen LogP contribution in [0.3, 0.4) is 0 Å². The van der Waals surface area contributed by atoms with E-state index in [1.807, 2.05) is 0 Å². The Labute approximate surface area is 83.3 Å². The maximum atomic E-state index is 3.67. The summed E-state index contributed by atoms with van der Waals surface area (Å²) in [6.07, 6.45) is 6.86. The van der Waals surface area contributed by atoms with Crippen molar-refractivity contribution >= 4 is 0 Å². The van der Waals surface area contributed by atoms with Crippen molar-refractivity contribution in [3.8, 4) is 0 Å². The van der Waals surface area contributed by atoms with Gasteiger partial charge in [-0.3, -0.25) is 0 Å². The Balaban J connectivity index is 2.14. The van der Waals surface area contributed by atoms with Gasteiger partial charge in [-0.1, -0.05) is 27.2 Å². The molecule has 1 rings (SSSR count). The van der Waals surface area contributed by atoms with Crippen molar-refractivity contribution in [3.63, 3.8) is 0 Å². The molecule has 1 fully saturated rings. The Morgan fingerprint density at radius 2 is 1.92 bits per heavy atom. The van der Waals surface area contributed by atoms with Crippen LogP contribution in [0.15, 0.2) is 0 Å². The monoisotopic (exact) mass is 183 g/mol. The number of hydrogen-bond acceptors (Lipinski definition) is 1. The van der Waals surface area contributed by atoms with Crippen LogP contribution in [0.25, 0.3) is 0 Å². The fourth-order valence-corrected chi connectivity index (χ4v) is 2.22. The van der Waals surface area contributed by atoms with Crippen LogP contribution in [-0.2, 0) is 0 Å². The Hall–Kier alpha value is -0.0400. The van der Waals surface area contributed by atoms with Crippen molar-refractivity contribution in [2.24, 2.45) is 11.8 Å². The lowest BCUT2D eigenvalue weighted by atomic mass is 9.79. The summed E-state index contributed by atoms with van der Waals surface area (Å²) < 4.78 is 0. The summed E-state index contributed by atoms with van der Waals surface area (Å²) in [7, 11) is 0. The molecule has 3 atom stereocenters. The summed E-state index contributed by atoms with van der Waals surface area (Å²) in [5, 5.41) is 3.67. The molecule has 0 radical (unpaired) electrons. The molecule has 1 N–H and O–H groups in total. The second kappa shape index (κ2) is 5.64. The van der Waals surface area contributed by atoms with E-state index in [0.717, 1.165) is 17.9 Å². The molecule has 1 nitrogen and oxygen atoms in total. The van der Waals surface area contributed by atoms with Gasteiger partial charge in [0.2, 0.25) is 0 Å². The average Bonchev–Trinajstić information content (AvgIpc) is 2.12. The zero-order valence-electron chi connectivity index (χ0n) is 9.47. The summed E-state index contributed by atoms with van der Waals surface area (Å²) in [5.74, 6) is 1.87. The molecule has 0 bridgehead atoms. The molecule has 0 aliphatic heterocycles. The molecule has 1 heteroatoms. The second-order valence-corrected chi connectivity index (χ2v) is 4.77. The topological polar surface area (TPSA) is 12.0 Å². The number of hydrogen-bond donors (Lipinski definition) is 1. The largest absolute Gasteiger partial charge is 0.314 e. The normalized spacial score (nSPS) is 34.8. The average molecular weight is 183 g/mol. The highest BCUT2D eigenvalue weighted by molar-refractivity contribution is 4.79. The van der Waals surface area contributed by atoms with Crippen LogP contribution < -0.4 is 5.32 Å². The van der Waals surface area contributed by atoms with Crippen LogP contribution in [-0.4, -0.2) is 12.6 Å². The van der Waals surface area contributed by atoms with Gasteiger partial charge in [-0.2, -0.15) is 0 Å². The van der Waals surface area contributed by atoms with Crippen molar-refractivity contribution in [2.75, 3.05) is 6.54 Å². The minimum Gasteiger partial charge on any atom is -0.314 e. The van der Waals surface area contributed by atoms with Gasteiger partial charge in [0.15, 0.2) is 0 Å². The molecule has 78 valence electrons. The molecule has 0 aromatic rings. The van der Waals surface area contributed by atoms with Crippen LogP contribution in [0.2, 0.25) is 0 Å². The van der Waals surface area contributed by atoms with Gasteiger partial charge in [0.1, 0.15) is 0 Å². The maximum Gasteiger partial charge on any atom is 0.00698 e. The molecule has 0 heterocycles. The SMILES string of the molecule is CCCCN[C@@H]1CC[C@H](C)[C@@H](C)C1. The van der Waals surface area contributed by atoms with Gasteiger partial charge >= 0.3 is 0 Å². The number of rotatable bonds is 4. The van der Waals surface area contributed by atoms with Crippen molar-refractivity contribution in [2.45, 2.75) is 58.9 Å². The van der Waals surface area contributed by atoms with E-state index in [1.165, 1.54) is 38.6 Å². The summed E-state index contributed by atoms with van der Waals surface area (Å²) >= 11 is 0. The van der Waals surface area contributed by atoms with Crippen LogP contribution in [0, 0.1) is 11.8 Å². The molecule has 0 aromatic carbocycles.